The maximum atomic E-state index is 4.43. The van der Waals surface area contributed by atoms with Gasteiger partial charge in [-0.3, -0.25) is 4.98 Å². The molecule has 0 spiro atoms. The second-order valence-electron chi connectivity index (χ2n) is 6.57. The summed E-state index contributed by atoms with van der Waals surface area (Å²) >= 11 is 3.62. The van der Waals surface area contributed by atoms with Crippen LogP contribution in [0.25, 0.3) is 11.4 Å². The molecule has 0 aliphatic carbocycles. The van der Waals surface area contributed by atoms with Gasteiger partial charge >= 0.3 is 0 Å². The summed E-state index contributed by atoms with van der Waals surface area (Å²) in [5, 5.41) is 20.1. The largest absolute Gasteiger partial charge is 0.306 e. The van der Waals surface area contributed by atoms with Crippen molar-refractivity contribution in [2.75, 3.05) is 5.75 Å². The Balaban J connectivity index is 1.27. The minimum atomic E-state index is 0.472. The molecule has 0 saturated carbocycles. The molecule has 0 N–H and O–H groups in total. The lowest BCUT2D eigenvalue weighted by molar-refractivity contribution is 0.590. The van der Waals surface area contributed by atoms with E-state index in [-0.39, 0.29) is 0 Å². The van der Waals surface area contributed by atoms with Crippen molar-refractivity contribution in [2.45, 2.75) is 54.3 Å². The Morgan fingerprint density at radius 1 is 1.12 bits per heavy atom. The third-order valence-electron chi connectivity index (χ3n) is 4.77. The number of pyridine rings is 1. The van der Waals surface area contributed by atoms with Crippen LogP contribution in [-0.2, 0) is 19.5 Å². The molecule has 0 bridgehead atoms. The fraction of sp³-hybridized carbons (Fsp3) is 0.471. The molecule has 0 unspecified atom stereocenters. The standard InChI is InChI=1S/C17H19N7S2/c1-2-6-14-19-21-16(23(14)8-3-1)25-11-13-10-24-15(20-22-17(24)26-13)12-5-4-7-18-9-12/h4-5,7,9,13H,1-3,6,8,10-11H2/t13-/m1/s1. The third-order valence-corrected chi connectivity index (χ3v) is 7.27. The zero-order valence-corrected chi connectivity index (χ0v) is 15.9. The summed E-state index contributed by atoms with van der Waals surface area (Å²) < 4.78 is 4.52. The van der Waals surface area contributed by atoms with Gasteiger partial charge in [-0.2, -0.15) is 0 Å². The highest BCUT2D eigenvalue weighted by molar-refractivity contribution is 8.03. The highest BCUT2D eigenvalue weighted by Gasteiger charge is 2.28. The Morgan fingerprint density at radius 3 is 3.04 bits per heavy atom. The first-order valence-corrected chi connectivity index (χ1v) is 10.8. The van der Waals surface area contributed by atoms with Crippen LogP contribution in [0.3, 0.4) is 0 Å². The molecule has 0 aromatic carbocycles. The van der Waals surface area contributed by atoms with E-state index in [0.717, 1.165) is 52.8 Å². The van der Waals surface area contributed by atoms with Crippen LogP contribution in [0, 0.1) is 0 Å². The van der Waals surface area contributed by atoms with E-state index in [1.807, 2.05) is 30.1 Å². The maximum Gasteiger partial charge on any atom is 0.191 e. The van der Waals surface area contributed by atoms with Gasteiger partial charge in [-0.1, -0.05) is 29.9 Å². The first kappa shape index (κ1) is 16.3. The molecule has 0 saturated heterocycles. The van der Waals surface area contributed by atoms with Gasteiger partial charge in [0, 0.05) is 48.5 Å². The zero-order valence-electron chi connectivity index (χ0n) is 14.3. The fourth-order valence-electron chi connectivity index (χ4n) is 3.46. The molecule has 3 aromatic rings. The van der Waals surface area contributed by atoms with E-state index in [1.165, 1.54) is 19.3 Å². The molecule has 9 heteroatoms. The number of aromatic nitrogens is 7. The first-order chi connectivity index (χ1) is 12.9. The van der Waals surface area contributed by atoms with Gasteiger partial charge in [0.2, 0.25) is 0 Å². The number of hydrogen-bond donors (Lipinski definition) is 0. The predicted molar refractivity (Wildman–Crippen MR) is 101 cm³/mol. The Bertz CT molecular complexity index is 905. The lowest BCUT2D eigenvalue weighted by atomic mass is 10.2. The van der Waals surface area contributed by atoms with Gasteiger partial charge in [0.25, 0.3) is 0 Å². The van der Waals surface area contributed by atoms with Gasteiger partial charge in [-0.25, -0.2) is 0 Å². The molecule has 134 valence electrons. The van der Waals surface area contributed by atoms with E-state index < -0.39 is 0 Å². The van der Waals surface area contributed by atoms with Gasteiger partial charge in [0.15, 0.2) is 16.1 Å². The average molecular weight is 386 g/mol. The molecule has 2 aliphatic heterocycles. The Hall–Kier alpha value is -1.87. The van der Waals surface area contributed by atoms with Gasteiger partial charge < -0.3 is 9.13 Å². The second-order valence-corrected chi connectivity index (χ2v) is 8.83. The van der Waals surface area contributed by atoms with Gasteiger partial charge in [0.05, 0.1) is 0 Å². The van der Waals surface area contributed by atoms with Gasteiger partial charge in [0.1, 0.15) is 5.82 Å². The molecule has 1 atom stereocenters. The molecule has 26 heavy (non-hydrogen) atoms. The minimum absolute atomic E-state index is 0.472. The normalized spacial score (nSPS) is 19.2. The number of rotatable bonds is 4. The van der Waals surface area contributed by atoms with Gasteiger partial charge in [-0.05, 0) is 25.0 Å². The van der Waals surface area contributed by atoms with Crippen LogP contribution in [0.1, 0.15) is 25.1 Å². The van der Waals surface area contributed by atoms with E-state index in [2.05, 4.69) is 34.5 Å². The van der Waals surface area contributed by atoms with E-state index in [1.54, 1.807) is 18.0 Å². The third kappa shape index (κ3) is 3.03. The van der Waals surface area contributed by atoms with Crippen LogP contribution in [0.5, 0.6) is 0 Å². The lowest BCUT2D eigenvalue weighted by Crippen LogP contribution is -2.11. The lowest BCUT2D eigenvalue weighted by Gasteiger charge is -2.10. The molecule has 0 amide bonds. The van der Waals surface area contributed by atoms with Crippen LogP contribution in [0.4, 0.5) is 0 Å². The molecule has 5 heterocycles. The molecule has 3 aromatic heterocycles. The van der Waals surface area contributed by atoms with E-state index >= 15 is 0 Å². The molecular formula is C17H19N7S2. The summed E-state index contributed by atoms with van der Waals surface area (Å²) in [6, 6.07) is 3.96. The fourth-order valence-corrected chi connectivity index (χ4v) is 5.72. The van der Waals surface area contributed by atoms with E-state index in [0.29, 0.717) is 5.25 Å². The van der Waals surface area contributed by atoms with Crippen molar-refractivity contribution in [3.63, 3.8) is 0 Å². The molecular weight excluding hydrogens is 366 g/mol. The van der Waals surface area contributed by atoms with Crippen molar-refractivity contribution < 1.29 is 0 Å². The topological polar surface area (TPSA) is 74.3 Å². The Morgan fingerprint density at radius 2 is 2.12 bits per heavy atom. The summed E-state index contributed by atoms with van der Waals surface area (Å²) in [4.78, 5) is 4.19. The summed E-state index contributed by atoms with van der Waals surface area (Å²) in [6.45, 7) is 1.98. The van der Waals surface area contributed by atoms with Crippen molar-refractivity contribution in [1.82, 2.24) is 34.5 Å². The Kier molecular flexibility index (Phi) is 4.41. The number of nitrogens with zero attached hydrogens (tertiary/aromatic N) is 7. The molecule has 0 fully saturated rings. The van der Waals surface area contributed by atoms with Crippen LogP contribution in [0.15, 0.2) is 34.8 Å². The highest BCUT2D eigenvalue weighted by atomic mass is 32.2. The van der Waals surface area contributed by atoms with Crippen LogP contribution >= 0.6 is 23.5 Å². The number of aryl methyl sites for hydroxylation is 1. The minimum Gasteiger partial charge on any atom is -0.306 e. The molecule has 2 aliphatic rings. The molecule has 5 rings (SSSR count). The quantitative estimate of drug-likeness (QED) is 0.639. The number of fused-ring (bicyclic) bond motifs is 2. The van der Waals surface area contributed by atoms with Crippen molar-refractivity contribution in [3.8, 4) is 11.4 Å². The summed E-state index contributed by atoms with van der Waals surface area (Å²) in [5.41, 5.74) is 1.02. The van der Waals surface area contributed by atoms with Crippen LogP contribution in [0.2, 0.25) is 0 Å². The van der Waals surface area contributed by atoms with Crippen molar-refractivity contribution >= 4 is 23.5 Å². The van der Waals surface area contributed by atoms with E-state index in [4.69, 9.17) is 0 Å². The van der Waals surface area contributed by atoms with Crippen molar-refractivity contribution in [1.29, 1.82) is 0 Å². The van der Waals surface area contributed by atoms with Crippen molar-refractivity contribution in [3.05, 3.63) is 30.4 Å². The molecule has 0 radical (unpaired) electrons. The first-order valence-electron chi connectivity index (χ1n) is 8.93. The number of thioether (sulfide) groups is 2. The second kappa shape index (κ2) is 7.03. The smallest absolute Gasteiger partial charge is 0.191 e. The van der Waals surface area contributed by atoms with E-state index in [9.17, 15) is 0 Å². The summed E-state index contributed by atoms with van der Waals surface area (Å²) in [7, 11) is 0. The van der Waals surface area contributed by atoms with Crippen LogP contribution < -0.4 is 0 Å². The van der Waals surface area contributed by atoms with Crippen LogP contribution in [-0.4, -0.2) is 45.5 Å². The Labute approximate surface area is 160 Å². The molecule has 7 nitrogen and oxygen atoms in total. The average Bonchev–Trinajstić information content (AvgIpc) is 3.30. The number of hydrogen-bond acceptors (Lipinski definition) is 7. The monoisotopic (exact) mass is 385 g/mol. The highest BCUT2D eigenvalue weighted by Crippen LogP contribution is 2.37. The maximum absolute atomic E-state index is 4.43. The summed E-state index contributed by atoms with van der Waals surface area (Å²) in [5.74, 6) is 3.06. The summed E-state index contributed by atoms with van der Waals surface area (Å²) in [6.07, 6.45) is 8.42. The predicted octanol–water partition coefficient (Wildman–Crippen LogP) is 2.92. The zero-order chi connectivity index (χ0) is 17.3. The van der Waals surface area contributed by atoms with Crippen molar-refractivity contribution in [2.24, 2.45) is 0 Å². The SMILES string of the molecule is c1cncc(-c2nnc3n2C[C@H](CSc2nnc4n2CCCCC4)S3)c1. The van der Waals surface area contributed by atoms with Gasteiger partial charge in [-0.15, -0.1) is 20.4 Å².